The SMILES string of the molecule is CCC(C)C(=O)Cc1cc(C)cc(C)c1. The van der Waals surface area contributed by atoms with Gasteiger partial charge in [-0.1, -0.05) is 43.2 Å². The van der Waals surface area contributed by atoms with Crippen LogP contribution in [0.5, 0.6) is 0 Å². The summed E-state index contributed by atoms with van der Waals surface area (Å²) in [5.41, 5.74) is 3.63. The lowest BCUT2D eigenvalue weighted by atomic mass is 9.96. The Bertz CT molecular complexity index is 332. The van der Waals surface area contributed by atoms with E-state index in [-0.39, 0.29) is 5.92 Å². The molecule has 0 saturated heterocycles. The van der Waals surface area contributed by atoms with Crippen LogP contribution in [0.25, 0.3) is 0 Å². The molecule has 0 spiro atoms. The van der Waals surface area contributed by atoms with Gasteiger partial charge in [0.15, 0.2) is 0 Å². The van der Waals surface area contributed by atoms with Crippen LogP contribution in [0.4, 0.5) is 0 Å². The number of carbonyl (C=O) groups excluding carboxylic acids is 1. The van der Waals surface area contributed by atoms with Gasteiger partial charge >= 0.3 is 0 Å². The van der Waals surface area contributed by atoms with E-state index in [4.69, 9.17) is 0 Å². The normalized spacial score (nSPS) is 12.5. The van der Waals surface area contributed by atoms with Gasteiger partial charge in [0.25, 0.3) is 0 Å². The zero-order valence-corrected chi connectivity index (χ0v) is 10.1. The Hall–Kier alpha value is -1.11. The third-order valence-corrected chi connectivity index (χ3v) is 2.82. The molecule has 0 N–H and O–H groups in total. The number of carbonyl (C=O) groups is 1. The molecule has 0 aliphatic heterocycles. The quantitative estimate of drug-likeness (QED) is 0.734. The van der Waals surface area contributed by atoms with Crippen LogP contribution in [0, 0.1) is 19.8 Å². The predicted octanol–water partition coefficient (Wildman–Crippen LogP) is 3.46. The van der Waals surface area contributed by atoms with Crippen molar-refractivity contribution in [1.29, 1.82) is 0 Å². The van der Waals surface area contributed by atoms with Gasteiger partial charge in [-0.05, 0) is 25.8 Å². The summed E-state index contributed by atoms with van der Waals surface area (Å²) in [6.07, 6.45) is 1.52. The molecule has 15 heavy (non-hydrogen) atoms. The smallest absolute Gasteiger partial charge is 0.140 e. The number of rotatable bonds is 4. The van der Waals surface area contributed by atoms with Gasteiger partial charge < -0.3 is 0 Å². The first-order chi connectivity index (χ1) is 7.02. The molecule has 0 aliphatic rings. The number of ketones is 1. The summed E-state index contributed by atoms with van der Waals surface area (Å²) in [7, 11) is 0. The van der Waals surface area contributed by atoms with Gasteiger partial charge in [0.2, 0.25) is 0 Å². The summed E-state index contributed by atoms with van der Waals surface area (Å²) in [6.45, 7) is 8.21. The number of benzene rings is 1. The molecule has 0 aromatic heterocycles. The average Bonchev–Trinajstić information content (AvgIpc) is 2.14. The molecule has 1 unspecified atom stereocenters. The second-order valence-corrected chi connectivity index (χ2v) is 4.45. The van der Waals surface area contributed by atoms with Crippen LogP contribution in [-0.4, -0.2) is 5.78 Å². The van der Waals surface area contributed by atoms with Crippen molar-refractivity contribution in [3.05, 3.63) is 34.9 Å². The molecule has 1 rings (SSSR count). The molecule has 0 saturated carbocycles. The third-order valence-electron chi connectivity index (χ3n) is 2.82. The number of aryl methyl sites for hydroxylation is 2. The van der Waals surface area contributed by atoms with E-state index in [2.05, 4.69) is 39.0 Å². The molecule has 1 heteroatoms. The van der Waals surface area contributed by atoms with E-state index < -0.39 is 0 Å². The molecule has 1 atom stereocenters. The summed E-state index contributed by atoms with van der Waals surface area (Å²) in [5.74, 6) is 0.535. The lowest BCUT2D eigenvalue weighted by Crippen LogP contribution is -2.12. The van der Waals surface area contributed by atoms with Crippen molar-refractivity contribution in [2.24, 2.45) is 5.92 Å². The summed E-state index contributed by atoms with van der Waals surface area (Å²) in [5, 5.41) is 0. The van der Waals surface area contributed by atoms with E-state index in [0.717, 1.165) is 12.0 Å². The topological polar surface area (TPSA) is 17.1 Å². The second kappa shape index (κ2) is 5.11. The zero-order valence-electron chi connectivity index (χ0n) is 10.1. The molecule has 1 aromatic carbocycles. The largest absolute Gasteiger partial charge is 0.299 e. The molecule has 0 amide bonds. The highest BCUT2D eigenvalue weighted by Crippen LogP contribution is 2.13. The number of Topliss-reactive ketones (excluding diaryl/α,β-unsaturated/α-hetero) is 1. The van der Waals surface area contributed by atoms with Crippen LogP contribution in [0.3, 0.4) is 0 Å². The van der Waals surface area contributed by atoms with Crippen molar-refractivity contribution < 1.29 is 4.79 Å². The molecule has 0 aliphatic carbocycles. The van der Waals surface area contributed by atoms with Crippen LogP contribution in [0.2, 0.25) is 0 Å². The van der Waals surface area contributed by atoms with Gasteiger partial charge in [-0.15, -0.1) is 0 Å². The highest BCUT2D eigenvalue weighted by molar-refractivity contribution is 5.82. The Balaban J connectivity index is 2.76. The fraction of sp³-hybridized carbons (Fsp3) is 0.500. The Morgan fingerprint density at radius 2 is 1.73 bits per heavy atom. The molecule has 1 aromatic rings. The van der Waals surface area contributed by atoms with Crippen molar-refractivity contribution in [2.45, 2.75) is 40.5 Å². The Kier molecular flexibility index (Phi) is 4.07. The minimum Gasteiger partial charge on any atom is -0.299 e. The minimum absolute atomic E-state index is 0.186. The maximum absolute atomic E-state index is 11.8. The molecular weight excluding hydrogens is 184 g/mol. The van der Waals surface area contributed by atoms with Crippen LogP contribution < -0.4 is 0 Å². The van der Waals surface area contributed by atoms with Gasteiger partial charge in [0.05, 0.1) is 0 Å². The van der Waals surface area contributed by atoms with E-state index >= 15 is 0 Å². The van der Waals surface area contributed by atoms with Gasteiger partial charge in [-0.3, -0.25) is 4.79 Å². The first kappa shape index (κ1) is 12.0. The van der Waals surface area contributed by atoms with Crippen molar-refractivity contribution >= 4 is 5.78 Å². The van der Waals surface area contributed by atoms with Gasteiger partial charge in [0, 0.05) is 12.3 Å². The van der Waals surface area contributed by atoms with Crippen LogP contribution >= 0.6 is 0 Å². The van der Waals surface area contributed by atoms with Gasteiger partial charge in [-0.2, -0.15) is 0 Å². The fourth-order valence-electron chi connectivity index (χ4n) is 1.77. The standard InChI is InChI=1S/C14H20O/c1-5-12(4)14(15)9-13-7-10(2)6-11(3)8-13/h6-8,12H,5,9H2,1-4H3. The summed E-state index contributed by atoms with van der Waals surface area (Å²) < 4.78 is 0. The molecule has 0 radical (unpaired) electrons. The average molecular weight is 204 g/mol. The molecule has 0 bridgehead atoms. The van der Waals surface area contributed by atoms with Crippen LogP contribution in [0.1, 0.15) is 37.0 Å². The van der Waals surface area contributed by atoms with E-state index in [1.165, 1.54) is 11.1 Å². The maximum Gasteiger partial charge on any atom is 0.140 e. The van der Waals surface area contributed by atoms with E-state index in [0.29, 0.717) is 12.2 Å². The molecule has 0 fully saturated rings. The predicted molar refractivity (Wildman–Crippen MR) is 64.1 cm³/mol. The van der Waals surface area contributed by atoms with E-state index in [9.17, 15) is 4.79 Å². The zero-order chi connectivity index (χ0) is 11.4. The molecule has 0 heterocycles. The van der Waals surface area contributed by atoms with Crippen LogP contribution in [-0.2, 0) is 11.2 Å². The summed E-state index contributed by atoms with van der Waals surface area (Å²) >= 11 is 0. The molecule has 1 nitrogen and oxygen atoms in total. The number of hydrogen-bond acceptors (Lipinski definition) is 1. The van der Waals surface area contributed by atoms with Crippen molar-refractivity contribution in [3.63, 3.8) is 0 Å². The fourth-order valence-corrected chi connectivity index (χ4v) is 1.77. The van der Waals surface area contributed by atoms with Crippen molar-refractivity contribution in [2.75, 3.05) is 0 Å². The maximum atomic E-state index is 11.8. The van der Waals surface area contributed by atoms with E-state index in [1.54, 1.807) is 0 Å². The lowest BCUT2D eigenvalue weighted by Gasteiger charge is -2.08. The third kappa shape index (κ3) is 3.50. The Morgan fingerprint density at radius 1 is 1.20 bits per heavy atom. The minimum atomic E-state index is 0.186. The van der Waals surface area contributed by atoms with E-state index in [1.807, 2.05) is 6.92 Å². The monoisotopic (exact) mass is 204 g/mol. The van der Waals surface area contributed by atoms with Crippen molar-refractivity contribution in [3.8, 4) is 0 Å². The van der Waals surface area contributed by atoms with Crippen LogP contribution in [0.15, 0.2) is 18.2 Å². The van der Waals surface area contributed by atoms with Gasteiger partial charge in [-0.25, -0.2) is 0 Å². The first-order valence-electron chi connectivity index (χ1n) is 5.62. The van der Waals surface area contributed by atoms with Gasteiger partial charge in [0.1, 0.15) is 5.78 Å². The lowest BCUT2D eigenvalue weighted by molar-refractivity contribution is -0.121. The first-order valence-corrected chi connectivity index (χ1v) is 5.62. The summed E-state index contributed by atoms with van der Waals surface area (Å²) in [4.78, 5) is 11.8. The number of hydrogen-bond donors (Lipinski definition) is 0. The summed E-state index contributed by atoms with van der Waals surface area (Å²) in [6, 6.07) is 6.35. The molecular formula is C14H20O. The highest BCUT2D eigenvalue weighted by atomic mass is 16.1. The highest BCUT2D eigenvalue weighted by Gasteiger charge is 2.11. The Labute approximate surface area is 92.5 Å². The molecule has 82 valence electrons. The second-order valence-electron chi connectivity index (χ2n) is 4.45. The van der Waals surface area contributed by atoms with Crippen molar-refractivity contribution in [1.82, 2.24) is 0 Å². The Morgan fingerprint density at radius 3 is 2.20 bits per heavy atom.